The Morgan fingerprint density at radius 1 is 0.907 bits per heavy atom. The second kappa shape index (κ2) is 11.6. The summed E-state index contributed by atoms with van der Waals surface area (Å²) in [4.78, 5) is 25.5. The van der Waals surface area contributed by atoms with Crippen LogP contribution in [0.5, 0.6) is 34.5 Å². The van der Waals surface area contributed by atoms with Crippen molar-refractivity contribution in [3.63, 3.8) is 0 Å². The lowest BCUT2D eigenvalue weighted by Gasteiger charge is -2.40. The number of carbonyl (C=O) groups excluding carboxylic acids is 2. The zero-order valence-electron chi connectivity index (χ0n) is 23.0. The number of hydrogen-bond acceptors (Lipinski definition) is 13. The molecule has 7 N–H and O–H groups in total. The molecule has 1 saturated heterocycles. The van der Waals surface area contributed by atoms with Crippen LogP contribution in [0.15, 0.2) is 42.5 Å². The Morgan fingerprint density at radius 3 is 2.28 bits per heavy atom. The number of aliphatic hydroxyl groups is 3. The lowest BCUT2D eigenvalue weighted by molar-refractivity contribution is -0.277. The Bertz CT molecular complexity index is 1550. The predicted molar refractivity (Wildman–Crippen MR) is 145 cm³/mol. The number of esters is 1. The van der Waals surface area contributed by atoms with E-state index in [2.05, 4.69) is 0 Å². The molecule has 2 aliphatic heterocycles. The van der Waals surface area contributed by atoms with Gasteiger partial charge in [0.2, 0.25) is 6.29 Å². The van der Waals surface area contributed by atoms with Gasteiger partial charge in [-0.1, -0.05) is 0 Å². The summed E-state index contributed by atoms with van der Waals surface area (Å²) in [5.41, 5.74) is 0.457. The number of ketones is 1. The van der Waals surface area contributed by atoms with Crippen molar-refractivity contribution in [3.8, 4) is 34.5 Å². The number of phenols is 4. The molecule has 0 saturated carbocycles. The summed E-state index contributed by atoms with van der Waals surface area (Å²) in [7, 11) is 0. The van der Waals surface area contributed by atoms with E-state index >= 15 is 0 Å². The molecule has 43 heavy (non-hydrogen) atoms. The number of hydrogen-bond donors (Lipinski definition) is 7. The first-order valence-corrected chi connectivity index (χ1v) is 13.3. The van der Waals surface area contributed by atoms with Gasteiger partial charge in [0.1, 0.15) is 77.2 Å². The highest BCUT2D eigenvalue weighted by Gasteiger charge is 2.46. The molecule has 0 aliphatic carbocycles. The van der Waals surface area contributed by atoms with Crippen LogP contribution in [-0.2, 0) is 9.47 Å². The van der Waals surface area contributed by atoms with Gasteiger partial charge in [-0.2, -0.15) is 0 Å². The quantitative estimate of drug-likeness (QED) is 0.160. The summed E-state index contributed by atoms with van der Waals surface area (Å²) in [6.07, 6.45) is -9.45. The van der Waals surface area contributed by atoms with Crippen molar-refractivity contribution in [2.75, 3.05) is 6.61 Å². The molecular formula is C30H30O13. The van der Waals surface area contributed by atoms with Crippen LogP contribution in [-0.4, -0.2) is 84.8 Å². The van der Waals surface area contributed by atoms with Crippen LogP contribution in [0.4, 0.5) is 0 Å². The van der Waals surface area contributed by atoms with Gasteiger partial charge in [0, 0.05) is 16.7 Å². The summed E-state index contributed by atoms with van der Waals surface area (Å²) in [6.45, 7) is 2.44. The standard InChI is InChI=1S/C30H30O13/c1-12-23(35)22-19(34)10-20(17-9-16(32)7-8-18(17)33)41-28(22)13(2)27(12)43-30-26(38)25(37)24(36)21(42-30)11-40-29(39)14-3-5-15(31)6-4-14/h3-9,20-21,24-26,30-33,35-38H,10-11H2,1-2H3/t20-,21+,24+,25-,26+,30+/m0/s1. The Balaban J connectivity index is 1.40. The number of ether oxygens (including phenoxy) is 4. The van der Waals surface area contributed by atoms with Crippen LogP contribution >= 0.6 is 0 Å². The topological polar surface area (TPSA) is 213 Å². The van der Waals surface area contributed by atoms with Crippen LogP contribution in [0.25, 0.3) is 0 Å². The van der Waals surface area contributed by atoms with Gasteiger partial charge in [0.05, 0.1) is 12.0 Å². The number of carbonyl (C=O) groups is 2. The smallest absolute Gasteiger partial charge is 0.338 e. The number of phenolic OH excluding ortho intramolecular Hbond substituents is 4. The number of benzene rings is 3. The minimum Gasteiger partial charge on any atom is -0.508 e. The highest BCUT2D eigenvalue weighted by molar-refractivity contribution is 6.04. The van der Waals surface area contributed by atoms with Crippen molar-refractivity contribution in [2.24, 2.45) is 0 Å². The van der Waals surface area contributed by atoms with Gasteiger partial charge in [-0.15, -0.1) is 0 Å². The van der Waals surface area contributed by atoms with Gasteiger partial charge < -0.3 is 54.7 Å². The molecule has 5 rings (SSSR count). The fourth-order valence-electron chi connectivity index (χ4n) is 5.09. The highest BCUT2D eigenvalue weighted by atomic mass is 16.7. The number of fused-ring (bicyclic) bond motifs is 1. The first kappa shape index (κ1) is 29.9. The minimum absolute atomic E-state index is 0.0544. The maximum atomic E-state index is 13.1. The first-order chi connectivity index (χ1) is 20.4. The second-order valence-electron chi connectivity index (χ2n) is 10.4. The summed E-state index contributed by atoms with van der Waals surface area (Å²) in [5.74, 6) is -2.29. The maximum absolute atomic E-state index is 13.1. The van der Waals surface area contributed by atoms with E-state index in [0.29, 0.717) is 0 Å². The highest BCUT2D eigenvalue weighted by Crippen LogP contribution is 2.49. The average molecular weight is 599 g/mol. The zero-order chi connectivity index (χ0) is 31.2. The largest absolute Gasteiger partial charge is 0.508 e. The van der Waals surface area contributed by atoms with Gasteiger partial charge in [-0.25, -0.2) is 4.79 Å². The van der Waals surface area contributed by atoms with E-state index < -0.39 is 60.9 Å². The summed E-state index contributed by atoms with van der Waals surface area (Å²) < 4.78 is 22.8. The van der Waals surface area contributed by atoms with E-state index in [1.807, 2.05) is 0 Å². The lowest BCUT2D eigenvalue weighted by atomic mass is 9.91. The molecule has 228 valence electrons. The van der Waals surface area contributed by atoms with Crippen molar-refractivity contribution in [3.05, 3.63) is 70.3 Å². The second-order valence-corrected chi connectivity index (χ2v) is 10.4. The summed E-state index contributed by atoms with van der Waals surface area (Å²) in [6, 6.07) is 9.01. The Kier molecular flexibility index (Phi) is 8.08. The molecule has 3 aromatic rings. The number of Topliss-reactive ketones (excluding diaryl/α,β-unsaturated/α-hetero) is 1. The van der Waals surface area contributed by atoms with Crippen molar-refractivity contribution >= 4 is 11.8 Å². The SMILES string of the molecule is Cc1c(O)c2c(c(C)c1O[C@H]1O[C@H](COC(=O)c3ccc(O)cc3)[C@@H](O)[C@H](O)[C@H]1O)O[C@H](c1cc(O)ccc1O)CC2=O. The van der Waals surface area contributed by atoms with E-state index in [1.54, 1.807) is 0 Å². The molecule has 13 nitrogen and oxygen atoms in total. The maximum Gasteiger partial charge on any atom is 0.338 e. The molecule has 6 atom stereocenters. The molecule has 3 aromatic carbocycles. The van der Waals surface area contributed by atoms with Gasteiger partial charge in [0.15, 0.2) is 5.78 Å². The fraction of sp³-hybridized carbons (Fsp3) is 0.333. The van der Waals surface area contributed by atoms with Crippen LogP contribution < -0.4 is 9.47 Å². The number of rotatable bonds is 6. The average Bonchev–Trinajstić information content (AvgIpc) is 2.98. The lowest BCUT2D eigenvalue weighted by Crippen LogP contribution is -2.60. The molecule has 13 heteroatoms. The van der Waals surface area contributed by atoms with Crippen LogP contribution in [0, 0.1) is 13.8 Å². The molecule has 0 aromatic heterocycles. The third kappa shape index (κ3) is 5.62. The first-order valence-electron chi connectivity index (χ1n) is 13.3. The zero-order valence-corrected chi connectivity index (χ0v) is 23.0. The summed E-state index contributed by atoms with van der Waals surface area (Å²) in [5, 5.41) is 72.2. The van der Waals surface area contributed by atoms with Gasteiger partial charge in [-0.3, -0.25) is 4.79 Å². The normalized spacial score (nSPS) is 25.0. The number of aliphatic hydroxyl groups excluding tert-OH is 3. The van der Waals surface area contributed by atoms with E-state index in [4.69, 9.17) is 18.9 Å². The van der Waals surface area contributed by atoms with Gasteiger partial charge in [-0.05, 0) is 56.3 Å². The predicted octanol–water partition coefficient (Wildman–Crippen LogP) is 1.88. The Labute approximate surface area is 244 Å². The molecular weight excluding hydrogens is 568 g/mol. The molecule has 0 radical (unpaired) electrons. The fourth-order valence-corrected chi connectivity index (χ4v) is 5.09. The Hall–Kier alpha value is -4.56. The van der Waals surface area contributed by atoms with Crippen LogP contribution in [0.2, 0.25) is 0 Å². The number of aromatic hydroxyl groups is 4. The third-order valence-corrected chi connectivity index (χ3v) is 7.49. The van der Waals surface area contributed by atoms with Gasteiger partial charge >= 0.3 is 5.97 Å². The van der Waals surface area contributed by atoms with E-state index in [1.165, 1.54) is 56.3 Å². The molecule has 2 heterocycles. The molecule has 2 aliphatic rings. The van der Waals surface area contributed by atoms with Crippen LogP contribution in [0.3, 0.4) is 0 Å². The molecule has 0 unspecified atom stereocenters. The monoisotopic (exact) mass is 598 g/mol. The van der Waals surface area contributed by atoms with Gasteiger partial charge in [0.25, 0.3) is 0 Å². The van der Waals surface area contributed by atoms with E-state index in [0.717, 1.165) is 0 Å². The minimum atomic E-state index is -1.78. The van der Waals surface area contributed by atoms with Crippen molar-refractivity contribution in [1.29, 1.82) is 0 Å². The molecule has 0 spiro atoms. The summed E-state index contributed by atoms with van der Waals surface area (Å²) >= 11 is 0. The molecule has 0 bridgehead atoms. The van der Waals surface area contributed by atoms with Crippen molar-refractivity contribution in [1.82, 2.24) is 0 Å². The molecule has 0 amide bonds. The third-order valence-electron chi connectivity index (χ3n) is 7.49. The van der Waals surface area contributed by atoms with E-state index in [9.17, 15) is 45.3 Å². The van der Waals surface area contributed by atoms with E-state index in [-0.39, 0.29) is 63.0 Å². The molecule has 1 fully saturated rings. The van der Waals surface area contributed by atoms with Crippen molar-refractivity contribution in [2.45, 2.75) is 57.1 Å². The Morgan fingerprint density at radius 2 is 1.58 bits per heavy atom. The van der Waals surface area contributed by atoms with Crippen LogP contribution in [0.1, 0.15) is 49.9 Å². The van der Waals surface area contributed by atoms with Crippen molar-refractivity contribution < 1.29 is 64.3 Å².